The average Bonchev–Trinajstić information content (AvgIpc) is 2.48. The van der Waals surface area contributed by atoms with E-state index < -0.39 is 4.92 Å². The van der Waals surface area contributed by atoms with Crippen LogP contribution in [-0.2, 0) is 0 Å². The monoisotopic (exact) mass is 313 g/mol. The van der Waals surface area contributed by atoms with Crippen molar-refractivity contribution in [1.29, 1.82) is 0 Å². The first-order valence-corrected chi connectivity index (χ1v) is 7.22. The van der Waals surface area contributed by atoms with Gasteiger partial charge in [-0.2, -0.15) is 5.10 Å². The number of aryl methyl sites for hydroxylation is 1. The summed E-state index contributed by atoms with van der Waals surface area (Å²) in [5.74, 6) is 6.15. The Labute approximate surface area is 134 Å². The van der Waals surface area contributed by atoms with E-state index in [9.17, 15) is 10.1 Å². The fourth-order valence-electron chi connectivity index (χ4n) is 2.26. The van der Waals surface area contributed by atoms with Crippen LogP contribution in [0.2, 0.25) is 0 Å². The van der Waals surface area contributed by atoms with Crippen molar-refractivity contribution < 1.29 is 9.66 Å². The third-order valence-corrected chi connectivity index (χ3v) is 3.41. The van der Waals surface area contributed by atoms with Crippen molar-refractivity contribution in [3.63, 3.8) is 0 Å². The van der Waals surface area contributed by atoms with Gasteiger partial charge in [0.1, 0.15) is 5.75 Å². The third-order valence-electron chi connectivity index (χ3n) is 3.41. The van der Waals surface area contributed by atoms with Gasteiger partial charge in [0.25, 0.3) is 0 Å². The van der Waals surface area contributed by atoms with Crippen molar-refractivity contribution in [2.24, 2.45) is 10.9 Å². The molecule has 0 aliphatic carbocycles. The predicted molar refractivity (Wildman–Crippen MR) is 90.2 cm³/mol. The second-order valence-corrected chi connectivity index (χ2v) is 5.56. The largest absolute Gasteiger partial charge is 0.450 e. The van der Waals surface area contributed by atoms with Crippen LogP contribution in [0.1, 0.15) is 36.5 Å². The molecule has 0 spiro atoms. The zero-order valence-electron chi connectivity index (χ0n) is 13.3. The van der Waals surface area contributed by atoms with E-state index >= 15 is 0 Å². The Hall–Kier alpha value is -2.89. The number of nitrogens with two attached hydrogens (primary N) is 1. The quantitative estimate of drug-likeness (QED) is 0.389. The second kappa shape index (κ2) is 6.91. The maximum atomic E-state index is 11.3. The molecule has 0 fully saturated rings. The lowest BCUT2D eigenvalue weighted by Gasteiger charge is -2.14. The molecule has 2 rings (SSSR count). The molecule has 0 atom stereocenters. The molecule has 2 aromatic rings. The topological polar surface area (TPSA) is 90.8 Å². The van der Waals surface area contributed by atoms with Gasteiger partial charge < -0.3 is 10.6 Å². The second-order valence-electron chi connectivity index (χ2n) is 5.56. The summed E-state index contributed by atoms with van der Waals surface area (Å²) in [5.41, 5.74) is 2.44. The highest BCUT2D eigenvalue weighted by atomic mass is 16.6. The van der Waals surface area contributed by atoms with Gasteiger partial charge in [0, 0.05) is 11.6 Å². The van der Waals surface area contributed by atoms with Crippen LogP contribution >= 0.6 is 0 Å². The van der Waals surface area contributed by atoms with Crippen molar-refractivity contribution >= 4 is 11.9 Å². The molecule has 0 unspecified atom stereocenters. The van der Waals surface area contributed by atoms with E-state index in [4.69, 9.17) is 10.6 Å². The first-order chi connectivity index (χ1) is 10.9. The van der Waals surface area contributed by atoms with Gasteiger partial charge in [-0.15, -0.1) is 0 Å². The minimum absolute atomic E-state index is 0.126. The molecule has 6 heteroatoms. The Morgan fingerprint density at radius 1 is 1.22 bits per heavy atom. The Morgan fingerprint density at radius 2 is 1.96 bits per heavy atom. The molecule has 0 saturated heterocycles. The highest BCUT2D eigenvalue weighted by Crippen LogP contribution is 2.36. The van der Waals surface area contributed by atoms with Crippen LogP contribution < -0.4 is 10.6 Å². The fourth-order valence-corrected chi connectivity index (χ4v) is 2.26. The van der Waals surface area contributed by atoms with Gasteiger partial charge in [-0.25, -0.2) is 0 Å². The first kappa shape index (κ1) is 16.5. The van der Waals surface area contributed by atoms with Crippen molar-refractivity contribution in [1.82, 2.24) is 0 Å². The summed E-state index contributed by atoms with van der Waals surface area (Å²) in [6.45, 7) is 6.05. The maximum Gasteiger partial charge on any atom is 0.312 e. The Kier molecular flexibility index (Phi) is 4.95. The normalized spacial score (nSPS) is 11.1. The SMILES string of the molecule is Cc1ccc(C(C)C)c(Oc2ccc(/C=N\N)cc2[N+](=O)[O-])c1. The van der Waals surface area contributed by atoms with Crippen molar-refractivity contribution in [2.75, 3.05) is 0 Å². The summed E-state index contributed by atoms with van der Waals surface area (Å²) < 4.78 is 5.86. The molecule has 2 aromatic carbocycles. The highest BCUT2D eigenvalue weighted by molar-refractivity contribution is 5.81. The van der Waals surface area contributed by atoms with Gasteiger partial charge in [0.15, 0.2) is 0 Å². The summed E-state index contributed by atoms with van der Waals surface area (Å²) in [7, 11) is 0. The lowest BCUT2D eigenvalue weighted by atomic mass is 10.0. The number of ether oxygens (including phenoxy) is 1. The number of nitrogens with zero attached hydrogens (tertiary/aromatic N) is 2. The van der Waals surface area contributed by atoms with Gasteiger partial charge >= 0.3 is 5.69 Å². The van der Waals surface area contributed by atoms with E-state index in [0.29, 0.717) is 11.3 Å². The van der Waals surface area contributed by atoms with E-state index in [1.165, 1.54) is 12.3 Å². The summed E-state index contributed by atoms with van der Waals surface area (Å²) in [6, 6.07) is 10.5. The number of nitro groups is 1. The molecule has 0 saturated carbocycles. The molecule has 0 amide bonds. The summed E-state index contributed by atoms with van der Waals surface area (Å²) >= 11 is 0. The van der Waals surface area contributed by atoms with Crippen LogP contribution in [0, 0.1) is 17.0 Å². The molecule has 0 aliphatic heterocycles. The Balaban J connectivity index is 2.48. The van der Waals surface area contributed by atoms with Crippen LogP contribution in [-0.4, -0.2) is 11.1 Å². The molecule has 120 valence electrons. The maximum absolute atomic E-state index is 11.3. The molecular weight excluding hydrogens is 294 g/mol. The van der Waals surface area contributed by atoms with Crippen LogP contribution in [0.4, 0.5) is 5.69 Å². The number of hydrogen-bond donors (Lipinski definition) is 1. The van der Waals surface area contributed by atoms with E-state index in [-0.39, 0.29) is 17.4 Å². The van der Waals surface area contributed by atoms with E-state index in [1.807, 2.05) is 39.0 Å². The van der Waals surface area contributed by atoms with Gasteiger partial charge in [0.05, 0.1) is 11.1 Å². The van der Waals surface area contributed by atoms with Gasteiger partial charge in [-0.1, -0.05) is 26.0 Å². The van der Waals surface area contributed by atoms with Gasteiger partial charge in [0.2, 0.25) is 5.75 Å². The van der Waals surface area contributed by atoms with Gasteiger partial charge in [-0.05, 0) is 42.2 Å². The molecule has 0 aromatic heterocycles. The standard InChI is InChI=1S/C17H19N3O3/c1-11(2)14-6-4-12(3)8-17(14)23-16-7-5-13(10-19-18)9-15(16)20(21)22/h4-11H,18H2,1-3H3/b19-10-. The number of hydrogen-bond acceptors (Lipinski definition) is 5. The van der Waals surface area contributed by atoms with Crippen LogP contribution in [0.3, 0.4) is 0 Å². The minimum Gasteiger partial charge on any atom is -0.450 e. The summed E-state index contributed by atoms with van der Waals surface area (Å²) in [4.78, 5) is 10.8. The zero-order chi connectivity index (χ0) is 17.0. The number of rotatable bonds is 5. The molecule has 0 aliphatic rings. The molecular formula is C17H19N3O3. The van der Waals surface area contributed by atoms with Crippen LogP contribution in [0.5, 0.6) is 11.5 Å². The first-order valence-electron chi connectivity index (χ1n) is 7.22. The third kappa shape index (κ3) is 3.85. The molecule has 0 heterocycles. The predicted octanol–water partition coefficient (Wildman–Crippen LogP) is 4.11. The molecule has 0 bridgehead atoms. The Bertz CT molecular complexity index is 755. The lowest BCUT2D eigenvalue weighted by molar-refractivity contribution is -0.385. The van der Waals surface area contributed by atoms with E-state index in [0.717, 1.165) is 11.1 Å². The van der Waals surface area contributed by atoms with Gasteiger partial charge in [-0.3, -0.25) is 10.1 Å². The van der Waals surface area contributed by atoms with Crippen LogP contribution in [0.15, 0.2) is 41.5 Å². The van der Waals surface area contributed by atoms with Crippen LogP contribution in [0.25, 0.3) is 0 Å². The average molecular weight is 313 g/mol. The van der Waals surface area contributed by atoms with E-state index in [1.54, 1.807) is 12.1 Å². The number of nitro benzene ring substituents is 1. The summed E-state index contributed by atoms with van der Waals surface area (Å²) in [5, 5.41) is 14.7. The molecule has 2 N–H and O–H groups in total. The molecule has 23 heavy (non-hydrogen) atoms. The van der Waals surface area contributed by atoms with Crippen molar-refractivity contribution in [2.45, 2.75) is 26.7 Å². The molecule has 6 nitrogen and oxygen atoms in total. The number of benzene rings is 2. The Morgan fingerprint density at radius 3 is 2.57 bits per heavy atom. The smallest absolute Gasteiger partial charge is 0.312 e. The lowest BCUT2D eigenvalue weighted by Crippen LogP contribution is -1.99. The minimum atomic E-state index is -0.478. The van der Waals surface area contributed by atoms with Crippen molar-refractivity contribution in [3.8, 4) is 11.5 Å². The fraction of sp³-hybridized carbons (Fsp3) is 0.235. The summed E-state index contributed by atoms with van der Waals surface area (Å²) in [6.07, 6.45) is 1.35. The van der Waals surface area contributed by atoms with Crippen molar-refractivity contribution in [3.05, 3.63) is 63.2 Å². The highest BCUT2D eigenvalue weighted by Gasteiger charge is 2.18. The number of hydrazone groups is 1. The molecule has 0 radical (unpaired) electrons. The zero-order valence-corrected chi connectivity index (χ0v) is 13.3. The van der Waals surface area contributed by atoms with E-state index in [2.05, 4.69) is 5.10 Å².